The number of phosphoric ester groups is 1. The van der Waals surface area contributed by atoms with E-state index >= 15 is 0 Å². The van der Waals surface area contributed by atoms with E-state index in [9.17, 15) is 4.57 Å². The van der Waals surface area contributed by atoms with Gasteiger partial charge in [-0.15, -0.1) is 0 Å². The smallest absolute Gasteiger partial charge is 0.456 e. The summed E-state index contributed by atoms with van der Waals surface area (Å²) in [4.78, 5) is 0. The third-order valence-electron chi connectivity index (χ3n) is 2.20. The topological polar surface area (TPSA) is 54.0 Å². The lowest BCUT2D eigenvalue weighted by Gasteiger charge is -2.31. The van der Waals surface area contributed by atoms with Crippen molar-refractivity contribution in [2.24, 2.45) is 0 Å². The maximum Gasteiger partial charge on any atom is 0.474 e. The molecule has 0 radical (unpaired) electrons. The van der Waals surface area contributed by atoms with Crippen molar-refractivity contribution in [2.75, 3.05) is 20.8 Å². The summed E-state index contributed by atoms with van der Waals surface area (Å²) in [5.74, 6) is 0. The van der Waals surface area contributed by atoms with E-state index in [1.807, 2.05) is 0 Å². The Bertz CT molecular complexity index is 282. The molecule has 0 aliphatic heterocycles. The Labute approximate surface area is 113 Å². The van der Waals surface area contributed by atoms with Crippen molar-refractivity contribution in [2.45, 2.75) is 45.2 Å². The molecule has 5 nitrogen and oxygen atoms in total. The quantitative estimate of drug-likeness (QED) is 0.367. The molecule has 0 heterocycles. The molecule has 0 aromatic carbocycles. The molecule has 0 unspecified atom stereocenters. The fourth-order valence-electron chi connectivity index (χ4n) is 1.73. The van der Waals surface area contributed by atoms with E-state index in [1.165, 1.54) is 14.2 Å². The molecule has 0 N–H and O–H groups in total. The molecule has 18 heavy (non-hydrogen) atoms. The van der Waals surface area contributed by atoms with E-state index in [0.29, 0.717) is 6.61 Å². The number of rotatable bonds is 9. The van der Waals surface area contributed by atoms with Crippen LogP contribution < -0.4 is 0 Å². The minimum atomic E-state index is -3.32. The van der Waals surface area contributed by atoms with Crippen LogP contribution in [-0.4, -0.2) is 37.5 Å². The van der Waals surface area contributed by atoms with Gasteiger partial charge < -0.3 is 4.12 Å². The maximum atomic E-state index is 11.6. The SMILES string of the molecule is COP(=O)(OC)OCCC[Si](C)(C)O[Si](C)(C)C. The molecular weight excluding hydrogens is 287 g/mol. The highest BCUT2D eigenvalue weighted by molar-refractivity contribution is 7.48. The van der Waals surface area contributed by atoms with Gasteiger partial charge in [0.2, 0.25) is 0 Å². The van der Waals surface area contributed by atoms with Crippen LogP contribution in [0.1, 0.15) is 6.42 Å². The van der Waals surface area contributed by atoms with Crippen LogP contribution in [-0.2, 0) is 22.3 Å². The van der Waals surface area contributed by atoms with Gasteiger partial charge in [0.05, 0.1) is 6.61 Å². The Morgan fingerprint density at radius 2 is 1.50 bits per heavy atom. The molecule has 0 rings (SSSR count). The molecule has 0 spiro atoms. The normalized spacial score (nSPS) is 13.9. The third kappa shape index (κ3) is 8.58. The predicted molar refractivity (Wildman–Crippen MR) is 78.9 cm³/mol. The van der Waals surface area contributed by atoms with E-state index in [0.717, 1.165) is 12.5 Å². The zero-order chi connectivity index (χ0) is 14.4. The molecule has 0 aromatic rings. The van der Waals surface area contributed by atoms with Crippen molar-refractivity contribution >= 4 is 24.5 Å². The average molecular weight is 314 g/mol. The van der Waals surface area contributed by atoms with Crippen molar-refractivity contribution in [1.29, 1.82) is 0 Å². The molecule has 110 valence electrons. The zero-order valence-electron chi connectivity index (χ0n) is 12.6. The fraction of sp³-hybridized carbons (Fsp3) is 1.00. The summed E-state index contributed by atoms with van der Waals surface area (Å²) in [6.45, 7) is 11.4. The van der Waals surface area contributed by atoms with E-state index in [4.69, 9.17) is 17.7 Å². The van der Waals surface area contributed by atoms with Crippen molar-refractivity contribution in [3.05, 3.63) is 0 Å². The summed E-state index contributed by atoms with van der Waals surface area (Å²) < 4.78 is 32.4. The van der Waals surface area contributed by atoms with Crippen LogP contribution in [0.15, 0.2) is 0 Å². The van der Waals surface area contributed by atoms with Gasteiger partial charge in [0.1, 0.15) is 0 Å². The summed E-state index contributed by atoms with van der Waals surface area (Å²) in [6, 6.07) is 0.977. The summed E-state index contributed by atoms with van der Waals surface area (Å²) in [7, 11) is -3.82. The third-order valence-corrected chi connectivity index (χ3v) is 9.81. The second kappa shape index (κ2) is 7.33. The van der Waals surface area contributed by atoms with Gasteiger partial charge in [-0.05, 0) is 45.2 Å². The van der Waals surface area contributed by atoms with Gasteiger partial charge in [-0.25, -0.2) is 4.57 Å². The predicted octanol–water partition coefficient (Wildman–Crippen LogP) is 3.85. The zero-order valence-corrected chi connectivity index (χ0v) is 15.5. The van der Waals surface area contributed by atoms with Gasteiger partial charge in [-0.2, -0.15) is 0 Å². The second-order valence-electron chi connectivity index (χ2n) is 5.72. The molecule has 0 bridgehead atoms. The van der Waals surface area contributed by atoms with E-state index in [2.05, 4.69) is 32.7 Å². The highest BCUT2D eigenvalue weighted by atomic mass is 31.2. The maximum absolute atomic E-state index is 11.6. The van der Waals surface area contributed by atoms with Gasteiger partial charge in [0.25, 0.3) is 0 Å². The van der Waals surface area contributed by atoms with Gasteiger partial charge in [0.15, 0.2) is 16.6 Å². The molecule has 0 saturated carbocycles. The highest BCUT2D eigenvalue weighted by Crippen LogP contribution is 2.47. The first-order valence-electron chi connectivity index (χ1n) is 6.10. The van der Waals surface area contributed by atoms with E-state index < -0.39 is 24.5 Å². The largest absolute Gasteiger partial charge is 0.474 e. The van der Waals surface area contributed by atoms with Crippen LogP contribution in [0, 0.1) is 0 Å². The average Bonchev–Trinajstić information content (AvgIpc) is 2.21. The number of hydrogen-bond acceptors (Lipinski definition) is 5. The van der Waals surface area contributed by atoms with Gasteiger partial charge >= 0.3 is 7.82 Å². The Balaban J connectivity index is 4.01. The molecule has 0 atom stereocenters. The molecule has 8 heteroatoms. The van der Waals surface area contributed by atoms with E-state index in [1.54, 1.807) is 0 Å². The number of hydrogen-bond donors (Lipinski definition) is 0. The lowest BCUT2D eigenvalue weighted by Crippen LogP contribution is -2.42. The minimum absolute atomic E-state index is 0.366. The monoisotopic (exact) mass is 314 g/mol. The first kappa shape index (κ1) is 18.5. The van der Waals surface area contributed by atoms with Crippen molar-refractivity contribution < 1.29 is 22.3 Å². The summed E-state index contributed by atoms with van der Waals surface area (Å²) >= 11 is 0. The van der Waals surface area contributed by atoms with Gasteiger partial charge in [-0.1, -0.05) is 0 Å². The lowest BCUT2D eigenvalue weighted by molar-refractivity contribution is 0.152. The number of phosphoric acid groups is 1. The Morgan fingerprint density at radius 1 is 1.00 bits per heavy atom. The Morgan fingerprint density at radius 3 is 1.89 bits per heavy atom. The molecule has 0 aliphatic rings. The van der Waals surface area contributed by atoms with Crippen LogP contribution in [0.3, 0.4) is 0 Å². The molecule has 0 aliphatic carbocycles. The highest BCUT2D eigenvalue weighted by Gasteiger charge is 2.29. The Hall–Kier alpha value is 0.504. The van der Waals surface area contributed by atoms with Gasteiger partial charge in [0, 0.05) is 14.2 Å². The van der Waals surface area contributed by atoms with Crippen molar-refractivity contribution in [3.8, 4) is 0 Å². The van der Waals surface area contributed by atoms with Gasteiger partial charge in [-0.3, -0.25) is 13.6 Å². The van der Waals surface area contributed by atoms with Crippen LogP contribution in [0.5, 0.6) is 0 Å². The van der Waals surface area contributed by atoms with E-state index in [-0.39, 0.29) is 0 Å². The van der Waals surface area contributed by atoms with Crippen LogP contribution in [0.25, 0.3) is 0 Å². The summed E-state index contributed by atoms with van der Waals surface area (Å²) in [6.07, 6.45) is 0.806. The molecule has 0 fully saturated rings. The second-order valence-corrected chi connectivity index (χ2v) is 16.7. The molecular formula is C10H27O5PSi2. The Kier molecular flexibility index (Phi) is 7.53. The molecule has 0 amide bonds. The van der Waals surface area contributed by atoms with Crippen LogP contribution in [0.2, 0.25) is 38.8 Å². The first-order chi connectivity index (χ1) is 8.04. The van der Waals surface area contributed by atoms with Crippen LogP contribution in [0.4, 0.5) is 0 Å². The van der Waals surface area contributed by atoms with Crippen molar-refractivity contribution in [1.82, 2.24) is 0 Å². The van der Waals surface area contributed by atoms with Crippen LogP contribution >= 0.6 is 7.82 Å². The summed E-state index contributed by atoms with van der Waals surface area (Å²) in [5.41, 5.74) is 0. The molecule has 0 aromatic heterocycles. The molecule has 0 saturated heterocycles. The lowest BCUT2D eigenvalue weighted by atomic mass is 10.5. The minimum Gasteiger partial charge on any atom is -0.456 e. The standard InChI is InChI=1S/C10H27O5PSi2/c1-12-16(11,13-2)14-9-8-10-18(6,7)15-17(3,4)5/h8-10H2,1-7H3. The summed E-state index contributed by atoms with van der Waals surface area (Å²) in [5, 5.41) is 0. The van der Waals surface area contributed by atoms with Crippen molar-refractivity contribution in [3.63, 3.8) is 0 Å². The first-order valence-corrected chi connectivity index (χ1v) is 14.1. The fourth-order valence-corrected chi connectivity index (χ4v) is 10.5.